The largest absolute Gasteiger partial charge is 0.482 e. The second kappa shape index (κ2) is 9.05. The van der Waals surface area contributed by atoms with Gasteiger partial charge in [0.25, 0.3) is 11.5 Å². The van der Waals surface area contributed by atoms with Crippen LogP contribution in [-0.2, 0) is 4.79 Å². The summed E-state index contributed by atoms with van der Waals surface area (Å²) in [5.74, 6) is 1.07. The highest BCUT2D eigenvalue weighted by atomic mass is 16.6. The molecule has 1 aliphatic heterocycles. The smallest absolute Gasteiger partial charge is 0.267 e. The van der Waals surface area contributed by atoms with Crippen LogP contribution in [0.4, 0.5) is 0 Å². The predicted octanol–water partition coefficient (Wildman–Crippen LogP) is 3.13. The molecule has 5 rings (SSSR count). The average molecular weight is 447 g/mol. The fraction of sp³-hybridized carbons (Fsp3) is 0.360. The number of carbonyl (C=O) groups is 1. The Labute approximate surface area is 191 Å². The Hall–Kier alpha value is -3.68. The number of aromatic nitrogens is 3. The predicted molar refractivity (Wildman–Crippen MR) is 122 cm³/mol. The van der Waals surface area contributed by atoms with Gasteiger partial charge in [0.2, 0.25) is 6.10 Å². The lowest BCUT2D eigenvalue weighted by atomic mass is 9.91. The Morgan fingerprint density at radius 2 is 1.67 bits per heavy atom. The highest BCUT2D eigenvalue weighted by molar-refractivity contribution is 5.82. The van der Waals surface area contributed by atoms with Gasteiger partial charge in [0.15, 0.2) is 11.5 Å². The van der Waals surface area contributed by atoms with Gasteiger partial charge in [-0.15, -0.1) is 0 Å². The number of nitrogens with one attached hydrogen (secondary N) is 1. The van der Waals surface area contributed by atoms with Crippen molar-refractivity contribution in [2.75, 3.05) is 0 Å². The summed E-state index contributed by atoms with van der Waals surface area (Å²) in [4.78, 5) is 29.4. The van der Waals surface area contributed by atoms with Crippen LogP contribution in [0.25, 0.3) is 11.3 Å². The van der Waals surface area contributed by atoms with Gasteiger partial charge in [-0.2, -0.15) is 5.10 Å². The number of rotatable bonds is 4. The second-order valence-electron chi connectivity index (χ2n) is 8.56. The van der Waals surface area contributed by atoms with Crippen LogP contribution in [0.5, 0.6) is 11.5 Å². The minimum absolute atomic E-state index is 0.00695. The van der Waals surface area contributed by atoms with Crippen molar-refractivity contribution in [2.24, 2.45) is 0 Å². The first kappa shape index (κ1) is 21.2. The number of para-hydroxylation sites is 2. The summed E-state index contributed by atoms with van der Waals surface area (Å²) in [6.45, 7) is 1.84. The average Bonchev–Trinajstić information content (AvgIpc) is 2.85. The van der Waals surface area contributed by atoms with Crippen molar-refractivity contribution in [3.05, 3.63) is 71.3 Å². The summed E-state index contributed by atoms with van der Waals surface area (Å²) >= 11 is 0. The summed E-state index contributed by atoms with van der Waals surface area (Å²) < 4.78 is 13.4. The van der Waals surface area contributed by atoms with Gasteiger partial charge in [0, 0.05) is 30.1 Å². The molecule has 0 saturated heterocycles. The van der Waals surface area contributed by atoms with Crippen LogP contribution in [0.1, 0.15) is 38.6 Å². The first-order valence-electron chi connectivity index (χ1n) is 11.3. The van der Waals surface area contributed by atoms with E-state index in [0.29, 0.717) is 11.5 Å². The molecule has 0 spiro atoms. The van der Waals surface area contributed by atoms with Gasteiger partial charge in [-0.1, -0.05) is 12.1 Å². The molecular weight excluding hydrogens is 420 g/mol. The molecule has 1 N–H and O–H groups in total. The van der Waals surface area contributed by atoms with Crippen LogP contribution >= 0.6 is 0 Å². The molecule has 170 valence electrons. The van der Waals surface area contributed by atoms with Crippen molar-refractivity contribution in [2.45, 2.75) is 56.9 Å². The van der Waals surface area contributed by atoms with E-state index in [1.165, 1.54) is 0 Å². The number of carbonyl (C=O) groups excluding carboxylic acids is 1. The molecule has 0 radical (unpaired) electrons. The van der Waals surface area contributed by atoms with Gasteiger partial charge in [-0.25, -0.2) is 4.68 Å². The summed E-state index contributed by atoms with van der Waals surface area (Å²) in [7, 11) is 0. The molecule has 2 aromatic heterocycles. The Bertz CT molecular complexity index is 1190. The van der Waals surface area contributed by atoms with Crippen LogP contribution < -0.4 is 20.3 Å². The van der Waals surface area contributed by atoms with Crippen LogP contribution in [-0.4, -0.2) is 38.9 Å². The molecular formula is C25H26N4O4. The zero-order valence-corrected chi connectivity index (χ0v) is 18.4. The number of benzene rings is 1. The topological polar surface area (TPSA) is 95.3 Å². The summed E-state index contributed by atoms with van der Waals surface area (Å²) in [5, 5.41) is 7.72. The number of amides is 1. The Morgan fingerprint density at radius 3 is 2.39 bits per heavy atom. The quantitative estimate of drug-likeness (QED) is 0.662. The molecule has 3 aromatic rings. The zero-order valence-electron chi connectivity index (χ0n) is 18.4. The number of nitrogens with zero attached hydrogens (tertiary/aromatic N) is 3. The van der Waals surface area contributed by atoms with E-state index < -0.39 is 6.10 Å². The normalized spacial score (nSPS) is 24.2. The van der Waals surface area contributed by atoms with Gasteiger partial charge in [0.1, 0.15) is 6.10 Å². The summed E-state index contributed by atoms with van der Waals surface area (Å²) in [6, 6.07) is 14.5. The van der Waals surface area contributed by atoms with E-state index in [9.17, 15) is 9.59 Å². The fourth-order valence-corrected chi connectivity index (χ4v) is 4.52. The minimum atomic E-state index is -0.695. The van der Waals surface area contributed by atoms with Crippen LogP contribution in [0.15, 0.2) is 65.7 Å². The lowest BCUT2D eigenvalue weighted by molar-refractivity contribution is -0.134. The second-order valence-corrected chi connectivity index (χ2v) is 8.56. The van der Waals surface area contributed by atoms with Crippen molar-refractivity contribution in [3.63, 3.8) is 0 Å². The van der Waals surface area contributed by atoms with Crippen molar-refractivity contribution in [1.29, 1.82) is 0 Å². The summed E-state index contributed by atoms with van der Waals surface area (Å²) in [6.07, 6.45) is 5.40. The molecule has 8 nitrogen and oxygen atoms in total. The van der Waals surface area contributed by atoms with E-state index in [2.05, 4.69) is 15.4 Å². The molecule has 33 heavy (non-hydrogen) atoms. The molecule has 2 atom stereocenters. The zero-order chi connectivity index (χ0) is 22.8. The minimum Gasteiger partial charge on any atom is -0.482 e. The van der Waals surface area contributed by atoms with Gasteiger partial charge in [-0.3, -0.25) is 14.6 Å². The Morgan fingerprint density at radius 1 is 0.970 bits per heavy atom. The third-order valence-electron chi connectivity index (χ3n) is 6.29. The number of ether oxygens (including phenoxy) is 2. The number of hydrogen-bond donors (Lipinski definition) is 1. The highest BCUT2D eigenvalue weighted by Gasteiger charge is 2.35. The molecule has 1 saturated carbocycles. The molecule has 0 bridgehead atoms. The number of hydrogen-bond acceptors (Lipinski definition) is 6. The maximum absolute atomic E-state index is 12.9. The van der Waals surface area contributed by atoms with Crippen molar-refractivity contribution in [3.8, 4) is 22.8 Å². The van der Waals surface area contributed by atoms with E-state index in [1.54, 1.807) is 35.3 Å². The molecule has 1 fully saturated rings. The van der Waals surface area contributed by atoms with Crippen LogP contribution in [0.2, 0.25) is 0 Å². The van der Waals surface area contributed by atoms with Gasteiger partial charge >= 0.3 is 0 Å². The van der Waals surface area contributed by atoms with Crippen molar-refractivity contribution in [1.82, 2.24) is 20.1 Å². The van der Waals surface area contributed by atoms with E-state index >= 15 is 0 Å². The van der Waals surface area contributed by atoms with Crippen molar-refractivity contribution >= 4 is 5.91 Å². The standard InChI is InChI=1S/C25H26N4O4/c1-16-24(33-22-5-3-2-4-21(22)32-16)25(31)27-18-6-8-19(9-7-18)29-23(30)11-10-20(28-29)17-12-14-26-15-13-17/h2-5,10-16,18-19,24H,6-9H2,1H3,(H,27,31). The summed E-state index contributed by atoms with van der Waals surface area (Å²) in [5.41, 5.74) is 1.56. The SMILES string of the molecule is CC1Oc2ccccc2OC1C(=O)NC1CCC(n2nc(-c3ccncc3)ccc2=O)CC1. The van der Waals surface area contributed by atoms with Gasteiger partial charge in [0.05, 0.1) is 11.7 Å². The molecule has 2 unspecified atom stereocenters. The molecule has 1 amide bonds. The maximum atomic E-state index is 12.9. The molecule has 1 aliphatic carbocycles. The first-order valence-corrected chi connectivity index (χ1v) is 11.3. The van der Waals surface area contributed by atoms with Gasteiger partial charge in [-0.05, 0) is 62.9 Å². The molecule has 8 heteroatoms. The molecule has 1 aromatic carbocycles. The fourth-order valence-electron chi connectivity index (χ4n) is 4.52. The third kappa shape index (κ3) is 4.46. The Kier molecular flexibility index (Phi) is 5.81. The van der Waals surface area contributed by atoms with Crippen LogP contribution in [0, 0.1) is 0 Å². The number of fused-ring (bicyclic) bond motifs is 1. The number of pyridine rings is 1. The molecule has 3 heterocycles. The first-order chi connectivity index (χ1) is 16.1. The lowest BCUT2D eigenvalue weighted by Crippen LogP contribution is -2.52. The van der Waals surface area contributed by atoms with Crippen molar-refractivity contribution < 1.29 is 14.3 Å². The molecule has 2 aliphatic rings. The van der Waals surface area contributed by atoms with E-state index in [4.69, 9.17) is 9.47 Å². The van der Waals surface area contributed by atoms with E-state index in [1.807, 2.05) is 37.3 Å². The Balaban J connectivity index is 1.21. The lowest BCUT2D eigenvalue weighted by Gasteiger charge is -2.34. The maximum Gasteiger partial charge on any atom is 0.267 e. The highest BCUT2D eigenvalue weighted by Crippen LogP contribution is 2.34. The monoisotopic (exact) mass is 446 g/mol. The third-order valence-corrected chi connectivity index (χ3v) is 6.29. The van der Waals surface area contributed by atoms with E-state index in [0.717, 1.165) is 36.9 Å². The van der Waals surface area contributed by atoms with Gasteiger partial charge < -0.3 is 14.8 Å². The van der Waals surface area contributed by atoms with E-state index in [-0.39, 0.29) is 29.7 Å². The van der Waals surface area contributed by atoms with Crippen LogP contribution in [0.3, 0.4) is 0 Å².